The molecule has 0 amide bonds. The van der Waals surface area contributed by atoms with Crippen LogP contribution in [0, 0.1) is 22.9 Å². The molecular weight excluding hydrogens is 265 g/mol. The molecule has 104 valence electrons. The summed E-state index contributed by atoms with van der Waals surface area (Å²) >= 11 is 0. The zero-order valence-corrected chi connectivity index (χ0v) is 10.6. The van der Waals surface area contributed by atoms with Gasteiger partial charge in [0.2, 0.25) is 0 Å². The zero-order chi connectivity index (χ0) is 14.7. The third-order valence-electron chi connectivity index (χ3n) is 2.63. The smallest absolute Gasteiger partial charge is 0.275 e. The highest BCUT2D eigenvalue weighted by atomic mass is 19.1. The molecule has 0 radical (unpaired) electrons. The number of nitrogens with two attached hydrogens (primary N) is 1. The van der Waals surface area contributed by atoms with Gasteiger partial charge in [0.1, 0.15) is 17.3 Å². The standard InChI is InChI=1S/C13H12FN3O3/c1-8-4-11(2-3-13(8)14)20-12-6-9(16-15)5-10(7-12)17(18)19/h2-7,16H,15H2,1H3. The molecule has 2 rings (SSSR count). The minimum Gasteiger partial charge on any atom is -0.457 e. The molecule has 3 N–H and O–H groups in total. The Bertz CT molecular complexity index is 661. The first-order valence-corrected chi connectivity index (χ1v) is 5.69. The molecule has 7 heteroatoms. The Balaban J connectivity index is 2.34. The van der Waals surface area contributed by atoms with Crippen molar-refractivity contribution in [3.8, 4) is 11.5 Å². The highest BCUT2D eigenvalue weighted by molar-refractivity contribution is 5.56. The van der Waals surface area contributed by atoms with E-state index < -0.39 is 4.92 Å². The number of nitrogen functional groups attached to an aromatic ring is 1. The van der Waals surface area contributed by atoms with Crippen molar-refractivity contribution < 1.29 is 14.1 Å². The van der Waals surface area contributed by atoms with Gasteiger partial charge in [0, 0.05) is 12.1 Å². The van der Waals surface area contributed by atoms with E-state index in [2.05, 4.69) is 5.43 Å². The first-order valence-electron chi connectivity index (χ1n) is 5.69. The SMILES string of the molecule is Cc1cc(Oc2cc(NN)cc([N+](=O)[O-])c2)ccc1F. The molecule has 0 heterocycles. The number of halogens is 1. The highest BCUT2D eigenvalue weighted by Gasteiger charge is 2.11. The molecule has 0 bridgehead atoms. The normalized spacial score (nSPS) is 10.2. The van der Waals surface area contributed by atoms with E-state index in [9.17, 15) is 14.5 Å². The Morgan fingerprint density at radius 3 is 2.60 bits per heavy atom. The van der Waals surface area contributed by atoms with Gasteiger partial charge in [-0.05, 0) is 30.7 Å². The predicted molar refractivity (Wildman–Crippen MR) is 72.1 cm³/mol. The van der Waals surface area contributed by atoms with Crippen LogP contribution in [0.2, 0.25) is 0 Å². The number of anilines is 1. The number of aryl methyl sites for hydroxylation is 1. The number of hydrogen-bond acceptors (Lipinski definition) is 5. The van der Waals surface area contributed by atoms with Crippen LogP contribution in [-0.2, 0) is 0 Å². The van der Waals surface area contributed by atoms with Crippen molar-refractivity contribution in [3.63, 3.8) is 0 Å². The molecule has 20 heavy (non-hydrogen) atoms. The second kappa shape index (κ2) is 5.54. The molecule has 2 aromatic rings. The van der Waals surface area contributed by atoms with Crippen molar-refractivity contribution in [1.82, 2.24) is 0 Å². The lowest BCUT2D eigenvalue weighted by molar-refractivity contribution is -0.384. The van der Waals surface area contributed by atoms with E-state index >= 15 is 0 Å². The molecule has 6 nitrogen and oxygen atoms in total. The topological polar surface area (TPSA) is 90.4 Å². The quantitative estimate of drug-likeness (QED) is 0.509. The van der Waals surface area contributed by atoms with Gasteiger partial charge in [0.25, 0.3) is 5.69 Å². The van der Waals surface area contributed by atoms with E-state index in [-0.39, 0.29) is 17.3 Å². The van der Waals surface area contributed by atoms with E-state index in [4.69, 9.17) is 10.6 Å². The highest BCUT2D eigenvalue weighted by Crippen LogP contribution is 2.29. The summed E-state index contributed by atoms with van der Waals surface area (Å²) in [4.78, 5) is 10.3. The average Bonchev–Trinajstić information content (AvgIpc) is 2.42. The lowest BCUT2D eigenvalue weighted by Gasteiger charge is -2.08. The van der Waals surface area contributed by atoms with E-state index in [1.807, 2.05) is 0 Å². The van der Waals surface area contributed by atoms with Crippen LogP contribution in [0.15, 0.2) is 36.4 Å². The Morgan fingerprint density at radius 1 is 1.25 bits per heavy atom. The number of hydrazine groups is 1. The third kappa shape index (κ3) is 3.01. The number of ether oxygens (including phenoxy) is 1. The first kappa shape index (κ1) is 13.8. The molecule has 0 spiro atoms. The Labute approximate surface area is 114 Å². The molecule has 0 aliphatic rings. The van der Waals surface area contributed by atoms with Crippen LogP contribution in [0.5, 0.6) is 11.5 Å². The van der Waals surface area contributed by atoms with Crippen LogP contribution >= 0.6 is 0 Å². The fourth-order valence-electron chi connectivity index (χ4n) is 1.65. The summed E-state index contributed by atoms with van der Waals surface area (Å²) in [5, 5.41) is 10.8. The van der Waals surface area contributed by atoms with Gasteiger partial charge in [-0.25, -0.2) is 4.39 Å². The molecule has 0 fully saturated rings. The average molecular weight is 277 g/mol. The Hall–Kier alpha value is -2.67. The van der Waals surface area contributed by atoms with Crippen LogP contribution in [0.4, 0.5) is 15.8 Å². The number of hydrogen-bond donors (Lipinski definition) is 2. The van der Waals surface area contributed by atoms with Crippen molar-refractivity contribution in [2.45, 2.75) is 6.92 Å². The summed E-state index contributed by atoms with van der Waals surface area (Å²) in [6, 6.07) is 8.26. The lowest BCUT2D eigenvalue weighted by Crippen LogP contribution is -2.07. The number of non-ortho nitro benzene ring substituents is 1. The molecule has 0 atom stereocenters. The van der Waals surface area contributed by atoms with Gasteiger partial charge in [0.15, 0.2) is 0 Å². The van der Waals surface area contributed by atoms with Crippen LogP contribution < -0.4 is 16.0 Å². The predicted octanol–water partition coefficient (Wildman–Crippen LogP) is 3.12. The number of nitrogens with one attached hydrogen (secondary N) is 1. The summed E-state index contributed by atoms with van der Waals surface area (Å²) in [5.41, 5.74) is 2.93. The zero-order valence-electron chi connectivity index (χ0n) is 10.6. The molecule has 0 saturated carbocycles. The maximum Gasteiger partial charge on any atom is 0.275 e. The van der Waals surface area contributed by atoms with Crippen molar-refractivity contribution in [2.24, 2.45) is 5.84 Å². The molecule has 2 aromatic carbocycles. The van der Waals surface area contributed by atoms with Crippen molar-refractivity contribution in [1.29, 1.82) is 0 Å². The summed E-state index contributed by atoms with van der Waals surface area (Å²) < 4.78 is 18.6. The number of nitro benzene ring substituents is 1. The van der Waals surface area contributed by atoms with E-state index in [1.165, 1.54) is 36.4 Å². The van der Waals surface area contributed by atoms with Crippen molar-refractivity contribution in [3.05, 3.63) is 57.9 Å². The maximum absolute atomic E-state index is 13.2. The second-order valence-electron chi connectivity index (χ2n) is 4.13. The van der Waals surface area contributed by atoms with Crippen LogP contribution in [-0.4, -0.2) is 4.92 Å². The molecule has 0 aromatic heterocycles. The van der Waals surface area contributed by atoms with Crippen molar-refractivity contribution >= 4 is 11.4 Å². The van der Waals surface area contributed by atoms with Gasteiger partial charge in [-0.15, -0.1) is 0 Å². The number of nitrogens with zero attached hydrogens (tertiary/aromatic N) is 1. The minimum absolute atomic E-state index is 0.158. The summed E-state index contributed by atoms with van der Waals surface area (Å²) in [5.74, 6) is 5.52. The van der Waals surface area contributed by atoms with Gasteiger partial charge >= 0.3 is 0 Å². The molecular formula is C13H12FN3O3. The van der Waals surface area contributed by atoms with E-state index in [0.29, 0.717) is 17.0 Å². The lowest BCUT2D eigenvalue weighted by atomic mass is 10.2. The summed E-state index contributed by atoms with van der Waals surface area (Å²) in [7, 11) is 0. The van der Waals surface area contributed by atoms with Gasteiger partial charge in [-0.3, -0.25) is 16.0 Å². The number of rotatable bonds is 4. The van der Waals surface area contributed by atoms with Crippen LogP contribution in [0.3, 0.4) is 0 Å². The van der Waals surface area contributed by atoms with Gasteiger partial charge in [-0.2, -0.15) is 0 Å². The second-order valence-corrected chi connectivity index (χ2v) is 4.13. The largest absolute Gasteiger partial charge is 0.457 e. The van der Waals surface area contributed by atoms with Gasteiger partial charge < -0.3 is 10.2 Å². The number of benzene rings is 2. The molecule has 0 aliphatic heterocycles. The van der Waals surface area contributed by atoms with Gasteiger partial charge in [-0.1, -0.05) is 0 Å². The molecule has 0 unspecified atom stereocenters. The first-order chi connectivity index (χ1) is 9.49. The van der Waals surface area contributed by atoms with Crippen LogP contribution in [0.25, 0.3) is 0 Å². The summed E-state index contributed by atoms with van der Waals surface area (Å²) in [6.45, 7) is 1.60. The van der Waals surface area contributed by atoms with E-state index in [1.54, 1.807) is 6.92 Å². The fourth-order valence-corrected chi connectivity index (χ4v) is 1.65. The van der Waals surface area contributed by atoms with Crippen molar-refractivity contribution in [2.75, 3.05) is 5.43 Å². The summed E-state index contributed by atoms with van der Waals surface area (Å²) in [6.07, 6.45) is 0. The Kier molecular flexibility index (Phi) is 3.81. The minimum atomic E-state index is -0.552. The van der Waals surface area contributed by atoms with Crippen LogP contribution in [0.1, 0.15) is 5.56 Å². The van der Waals surface area contributed by atoms with Gasteiger partial charge in [0.05, 0.1) is 16.7 Å². The molecule has 0 aliphatic carbocycles. The van der Waals surface area contributed by atoms with E-state index in [0.717, 1.165) is 0 Å². The number of nitro groups is 1. The Morgan fingerprint density at radius 2 is 2.00 bits per heavy atom. The third-order valence-corrected chi connectivity index (χ3v) is 2.63. The monoisotopic (exact) mass is 277 g/mol. The molecule has 0 saturated heterocycles. The maximum atomic E-state index is 13.2. The fraction of sp³-hybridized carbons (Fsp3) is 0.0769.